The Morgan fingerprint density at radius 3 is 1.35 bits per heavy atom. The van der Waals surface area contributed by atoms with Crippen molar-refractivity contribution in [3.05, 3.63) is 0 Å². The standard InChI is InChI=1S/C20H34O6/c1-13-7-15(11-19(3,4)9-13)23-17(21)25-26-18(22)24-16-8-14(2)10-20(5,6)12-16/h13-16H,7-12H2,1-6H3/t13-,14-,15?,16?/m1/s1. The van der Waals surface area contributed by atoms with Crippen molar-refractivity contribution < 1.29 is 28.8 Å². The Morgan fingerprint density at radius 1 is 0.692 bits per heavy atom. The van der Waals surface area contributed by atoms with Gasteiger partial charge in [0.1, 0.15) is 12.2 Å². The lowest BCUT2D eigenvalue weighted by Gasteiger charge is -2.38. The lowest BCUT2D eigenvalue weighted by molar-refractivity contribution is -0.229. The van der Waals surface area contributed by atoms with Gasteiger partial charge in [-0.1, -0.05) is 41.5 Å². The second-order valence-electron chi connectivity index (χ2n) is 9.97. The average Bonchev–Trinajstić information content (AvgIpc) is 2.40. The van der Waals surface area contributed by atoms with E-state index in [2.05, 4.69) is 51.3 Å². The summed E-state index contributed by atoms with van der Waals surface area (Å²) in [6.07, 6.45) is 2.89. The minimum atomic E-state index is -0.991. The summed E-state index contributed by atoms with van der Waals surface area (Å²) in [5.41, 5.74) is 0.236. The molecule has 2 aliphatic rings. The molecule has 26 heavy (non-hydrogen) atoms. The van der Waals surface area contributed by atoms with Crippen LogP contribution in [-0.4, -0.2) is 24.5 Å². The highest BCUT2D eigenvalue weighted by atomic mass is 17.3. The summed E-state index contributed by atoms with van der Waals surface area (Å²) in [5.74, 6) is 0.943. The second kappa shape index (κ2) is 8.05. The molecule has 0 bridgehead atoms. The van der Waals surface area contributed by atoms with Crippen molar-refractivity contribution >= 4 is 12.3 Å². The lowest BCUT2D eigenvalue weighted by Crippen LogP contribution is -2.35. The summed E-state index contributed by atoms with van der Waals surface area (Å²) < 4.78 is 10.6. The third kappa shape index (κ3) is 6.69. The maximum absolute atomic E-state index is 11.8. The Hall–Kier alpha value is -1.46. The third-order valence-corrected chi connectivity index (χ3v) is 5.40. The maximum Gasteiger partial charge on any atom is 0.550 e. The van der Waals surface area contributed by atoms with E-state index in [1.807, 2.05) is 0 Å². The molecule has 2 unspecified atom stereocenters. The van der Waals surface area contributed by atoms with E-state index < -0.39 is 12.3 Å². The fourth-order valence-corrected chi connectivity index (χ4v) is 5.08. The van der Waals surface area contributed by atoms with Gasteiger partial charge in [0, 0.05) is 0 Å². The first-order valence-corrected chi connectivity index (χ1v) is 9.70. The van der Waals surface area contributed by atoms with Crippen LogP contribution in [0.5, 0.6) is 0 Å². The molecule has 150 valence electrons. The molecule has 2 fully saturated rings. The Bertz CT molecular complexity index is 466. The summed E-state index contributed by atoms with van der Waals surface area (Å²) in [5, 5.41) is 0. The highest BCUT2D eigenvalue weighted by Crippen LogP contribution is 2.40. The molecule has 0 radical (unpaired) electrons. The van der Waals surface area contributed by atoms with Gasteiger partial charge >= 0.3 is 12.3 Å². The molecule has 2 saturated carbocycles. The first kappa shape index (κ1) is 20.8. The second-order valence-corrected chi connectivity index (χ2v) is 9.97. The quantitative estimate of drug-likeness (QED) is 0.356. The van der Waals surface area contributed by atoms with Gasteiger partial charge in [0.25, 0.3) is 0 Å². The van der Waals surface area contributed by atoms with E-state index in [9.17, 15) is 9.59 Å². The molecule has 2 rings (SSSR count). The first-order valence-electron chi connectivity index (χ1n) is 9.70. The molecule has 6 heteroatoms. The maximum atomic E-state index is 11.8. The van der Waals surface area contributed by atoms with Crippen LogP contribution in [0.2, 0.25) is 0 Å². The molecular formula is C20H34O6. The first-order chi connectivity index (χ1) is 11.9. The Morgan fingerprint density at radius 2 is 1.04 bits per heavy atom. The van der Waals surface area contributed by atoms with Gasteiger partial charge in [0.15, 0.2) is 0 Å². The van der Waals surface area contributed by atoms with Gasteiger partial charge < -0.3 is 9.47 Å². The van der Waals surface area contributed by atoms with Gasteiger partial charge in [0.2, 0.25) is 0 Å². The Labute approximate surface area is 156 Å². The summed E-state index contributed by atoms with van der Waals surface area (Å²) in [7, 11) is 0. The SMILES string of the molecule is C[C@@H]1CC(OC(=O)OOC(=O)OC2C[C@@H](C)CC(C)(C)C2)CC(C)(C)C1. The van der Waals surface area contributed by atoms with Crippen LogP contribution in [0.3, 0.4) is 0 Å². The van der Waals surface area contributed by atoms with E-state index in [1.54, 1.807) is 0 Å². The van der Waals surface area contributed by atoms with Gasteiger partial charge in [-0.25, -0.2) is 0 Å². The van der Waals surface area contributed by atoms with Gasteiger partial charge in [-0.3, -0.25) is 0 Å². The van der Waals surface area contributed by atoms with Crippen molar-refractivity contribution in [3.8, 4) is 0 Å². The molecule has 0 saturated heterocycles. The number of hydrogen-bond donors (Lipinski definition) is 0. The van der Waals surface area contributed by atoms with Crippen LogP contribution in [0.4, 0.5) is 9.59 Å². The molecule has 0 heterocycles. The predicted molar refractivity (Wildman–Crippen MR) is 96.3 cm³/mol. The monoisotopic (exact) mass is 370 g/mol. The van der Waals surface area contributed by atoms with Gasteiger partial charge in [0.05, 0.1) is 0 Å². The van der Waals surface area contributed by atoms with Crippen molar-refractivity contribution in [1.82, 2.24) is 0 Å². The molecule has 0 aromatic carbocycles. The molecule has 4 atom stereocenters. The summed E-state index contributed by atoms with van der Waals surface area (Å²) in [6, 6.07) is 0. The van der Waals surface area contributed by atoms with E-state index in [4.69, 9.17) is 9.47 Å². The zero-order valence-electron chi connectivity index (χ0n) is 17.0. The van der Waals surface area contributed by atoms with E-state index in [1.165, 1.54) is 0 Å². The summed E-state index contributed by atoms with van der Waals surface area (Å²) >= 11 is 0. The van der Waals surface area contributed by atoms with E-state index >= 15 is 0 Å². The van der Waals surface area contributed by atoms with Crippen LogP contribution in [0, 0.1) is 22.7 Å². The normalized spacial score (nSPS) is 33.0. The Balaban J connectivity index is 1.72. The largest absolute Gasteiger partial charge is 0.550 e. The smallest absolute Gasteiger partial charge is 0.428 e. The fourth-order valence-electron chi connectivity index (χ4n) is 5.08. The minimum absolute atomic E-state index is 0.118. The number of hydrogen-bond acceptors (Lipinski definition) is 6. The van der Waals surface area contributed by atoms with E-state index in [-0.39, 0.29) is 23.0 Å². The van der Waals surface area contributed by atoms with Crippen molar-refractivity contribution in [2.75, 3.05) is 0 Å². The van der Waals surface area contributed by atoms with Crippen molar-refractivity contribution in [1.29, 1.82) is 0 Å². The zero-order valence-corrected chi connectivity index (χ0v) is 17.0. The van der Waals surface area contributed by atoms with Gasteiger partial charge in [-0.15, -0.1) is 0 Å². The number of rotatable bonds is 2. The van der Waals surface area contributed by atoms with Crippen LogP contribution in [0.1, 0.15) is 80.1 Å². The number of carbonyl (C=O) groups excluding carboxylic acids is 2. The fraction of sp³-hybridized carbons (Fsp3) is 0.900. The topological polar surface area (TPSA) is 71.1 Å². The summed E-state index contributed by atoms with van der Waals surface area (Å²) in [4.78, 5) is 32.6. The van der Waals surface area contributed by atoms with Crippen LogP contribution in [0.25, 0.3) is 0 Å². The lowest BCUT2D eigenvalue weighted by atomic mass is 9.71. The third-order valence-electron chi connectivity index (χ3n) is 5.40. The molecule has 0 spiro atoms. The summed E-state index contributed by atoms with van der Waals surface area (Å²) in [6.45, 7) is 12.9. The minimum Gasteiger partial charge on any atom is -0.428 e. The van der Waals surface area contributed by atoms with Crippen molar-refractivity contribution in [2.24, 2.45) is 22.7 Å². The molecule has 0 aromatic rings. The average molecular weight is 370 g/mol. The Kier molecular flexibility index (Phi) is 6.46. The highest BCUT2D eigenvalue weighted by Gasteiger charge is 2.36. The molecule has 0 amide bonds. The van der Waals surface area contributed by atoms with Gasteiger partial charge in [-0.2, -0.15) is 19.4 Å². The molecular weight excluding hydrogens is 336 g/mol. The molecule has 0 N–H and O–H groups in total. The molecule has 6 nitrogen and oxygen atoms in total. The molecule has 0 aliphatic heterocycles. The van der Waals surface area contributed by atoms with Crippen LogP contribution < -0.4 is 0 Å². The van der Waals surface area contributed by atoms with Crippen molar-refractivity contribution in [2.45, 2.75) is 92.3 Å². The number of carbonyl (C=O) groups is 2. The van der Waals surface area contributed by atoms with E-state index in [0.29, 0.717) is 11.8 Å². The highest BCUT2D eigenvalue weighted by molar-refractivity contribution is 5.63. The van der Waals surface area contributed by atoms with Gasteiger partial charge in [-0.05, 0) is 61.2 Å². The molecule has 0 aromatic heterocycles. The molecule has 2 aliphatic carbocycles. The zero-order chi connectivity index (χ0) is 19.5. The predicted octanol–water partition coefficient (Wildman–Crippen LogP) is 5.64. The number of ether oxygens (including phenoxy) is 2. The van der Waals surface area contributed by atoms with Crippen molar-refractivity contribution in [3.63, 3.8) is 0 Å². The van der Waals surface area contributed by atoms with Crippen LogP contribution in [0.15, 0.2) is 0 Å². The van der Waals surface area contributed by atoms with Crippen LogP contribution in [-0.2, 0) is 19.2 Å². The van der Waals surface area contributed by atoms with Crippen LogP contribution >= 0.6 is 0 Å². The van der Waals surface area contributed by atoms with E-state index in [0.717, 1.165) is 38.5 Å².